The Labute approximate surface area is 115 Å². The third-order valence-corrected chi connectivity index (χ3v) is 2.91. The Balaban J connectivity index is 0.00000154. The minimum absolute atomic E-state index is 0.00360. The fourth-order valence-corrected chi connectivity index (χ4v) is 2.02. The van der Waals surface area contributed by atoms with E-state index in [2.05, 4.69) is 0 Å². The van der Waals surface area contributed by atoms with E-state index < -0.39 is 0 Å². The van der Waals surface area contributed by atoms with Gasteiger partial charge in [-0.25, -0.2) is 0 Å². The first kappa shape index (κ1) is 17.9. The highest BCUT2D eigenvalue weighted by Gasteiger charge is 2.36. The SMILES string of the molecule is CC.CC(=O)OCC1OC(C)CC(OC(C)=O)C1C. The van der Waals surface area contributed by atoms with Gasteiger partial charge in [-0.2, -0.15) is 0 Å². The van der Waals surface area contributed by atoms with Crippen LogP contribution in [0.15, 0.2) is 0 Å². The third-order valence-electron chi connectivity index (χ3n) is 2.91. The van der Waals surface area contributed by atoms with Crippen molar-refractivity contribution >= 4 is 11.9 Å². The van der Waals surface area contributed by atoms with Crippen LogP contribution >= 0.6 is 0 Å². The van der Waals surface area contributed by atoms with E-state index in [4.69, 9.17) is 14.2 Å². The van der Waals surface area contributed by atoms with Gasteiger partial charge in [0.05, 0.1) is 12.2 Å². The first-order valence-electron chi connectivity index (χ1n) is 6.86. The number of carbonyl (C=O) groups is 2. The molecule has 4 atom stereocenters. The van der Waals surface area contributed by atoms with E-state index in [-0.39, 0.29) is 42.8 Å². The minimum atomic E-state index is -0.330. The summed E-state index contributed by atoms with van der Waals surface area (Å²) in [6.07, 6.45) is 0.289. The molecule has 1 fully saturated rings. The molecule has 0 bridgehead atoms. The maximum absolute atomic E-state index is 11.0. The molecule has 0 N–H and O–H groups in total. The van der Waals surface area contributed by atoms with E-state index in [0.29, 0.717) is 6.42 Å². The van der Waals surface area contributed by atoms with Crippen molar-refractivity contribution in [3.63, 3.8) is 0 Å². The van der Waals surface area contributed by atoms with Crippen LogP contribution < -0.4 is 0 Å². The second kappa shape index (κ2) is 8.91. The summed E-state index contributed by atoms with van der Waals surface area (Å²) >= 11 is 0. The molecule has 0 aliphatic carbocycles. The number of rotatable bonds is 3. The van der Waals surface area contributed by atoms with Crippen LogP contribution in [-0.2, 0) is 23.8 Å². The summed E-state index contributed by atoms with van der Waals surface area (Å²) < 4.78 is 15.9. The van der Waals surface area contributed by atoms with E-state index in [9.17, 15) is 9.59 Å². The zero-order valence-electron chi connectivity index (χ0n) is 12.8. The number of hydrogen-bond acceptors (Lipinski definition) is 5. The Bertz CT molecular complexity index is 290. The first-order chi connectivity index (χ1) is 8.90. The zero-order valence-corrected chi connectivity index (χ0v) is 12.8. The van der Waals surface area contributed by atoms with Crippen LogP contribution in [0.3, 0.4) is 0 Å². The van der Waals surface area contributed by atoms with Crippen molar-refractivity contribution in [3.8, 4) is 0 Å². The van der Waals surface area contributed by atoms with Crippen LogP contribution in [0.5, 0.6) is 0 Å². The summed E-state index contributed by atoms with van der Waals surface area (Å²) in [4.78, 5) is 21.8. The maximum Gasteiger partial charge on any atom is 0.302 e. The highest BCUT2D eigenvalue weighted by Crippen LogP contribution is 2.27. The number of esters is 2. The van der Waals surface area contributed by atoms with Crippen molar-refractivity contribution in [3.05, 3.63) is 0 Å². The fraction of sp³-hybridized carbons (Fsp3) is 0.857. The summed E-state index contributed by atoms with van der Waals surface area (Å²) in [5, 5.41) is 0. The maximum atomic E-state index is 11.0. The molecular formula is C14H26O5. The Morgan fingerprint density at radius 2 is 1.74 bits per heavy atom. The van der Waals surface area contributed by atoms with E-state index in [1.54, 1.807) is 0 Å². The lowest BCUT2D eigenvalue weighted by atomic mass is 9.91. The molecule has 5 nitrogen and oxygen atoms in total. The topological polar surface area (TPSA) is 61.8 Å². The molecule has 0 spiro atoms. The van der Waals surface area contributed by atoms with Crippen molar-refractivity contribution in [2.24, 2.45) is 5.92 Å². The van der Waals surface area contributed by atoms with E-state index in [1.807, 2.05) is 27.7 Å². The van der Waals surface area contributed by atoms with Gasteiger partial charge >= 0.3 is 11.9 Å². The summed E-state index contributed by atoms with van der Waals surface area (Å²) in [5.74, 6) is -0.598. The molecule has 1 rings (SSSR count). The van der Waals surface area contributed by atoms with Gasteiger partial charge in [-0.15, -0.1) is 0 Å². The molecule has 1 saturated heterocycles. The van der Waals surface area contributed by atoms with Gasteiger partial charge < -0.3 is 14.2 Å². The predicted octanol–water partition coefficient (Wildman–Crippen LogP) is 2.32. The predicted molar refractivity (Wildman–Crippen MR) is 71.7 cm³/mol. The van der Waals surface area contributed by atoms with Crippen molar-refractivity contribution in [1.29, 1.82) is 0 Å². The smallest absolute Gasteiger partial charge is 0.302 e. The number of carbonyl (C=O) groups excluding carboxylic acids is 2. The summed E-state index contributed by atoms with van der Waals surface area (Å²) in [6.45, 7) is 10.8. The Morgan fingerprint density at radius 1 is 1.16 bits per heavy atom. The Kier molecular flexibility index (Phi) is 8.39. The molecular weight excluding hydrogens is 248 g/mol. The van der Waals surface area contributed by atoms with Crippen LogP contribution in [0.4, 0.5) is 0 Å². The molecule has 19 heavy (non-hydrogen) atoms. The van der Waals surface area contributed by atoms with Gasteiger partial charge in [-0.05, 0) is 6.92 Å². The van der Waals surface area contributed by atoms with Gasteiger partial charge in [0.1, 0.15) is 12.7 Å². The lowest BCUT2D eigenvalue weighted by Crippen LogP contribution is -2.46. The lowest BCUT2D eigenvalue weighted by molar-refractivity contribution is -0.180. The molecule has 112 valence electrons. The van der Waals surface area contributed by atoms with Gasteiger partial charge in [0.25, 0.3) is 0 Å². The normalized spacial score (nSPS) is 29.8. The third kappa shape index (κ3) is 6.57. The summed E-state index contributed by atoms with van der Waals surface area (Å²) in [6, 6.07) is 0. The fourth-order valence-electron chi connectivity index (χ4n) is 2.02. The van der Waals surface area contributed by atoms with Gasteiger partial charge in [0, 0.05) is 26.2 Å². The van der Waals surface area contributed by atoms with Gasteiger partial charge in [0.15, 0.2) is 0 Å². The zero-order chi connectivity index (χ0) is 15.0. The molecule has 0 radical (unpaired) electrons. The standard InChI is InChI=1S/C12H20O5.C2H6/c1-7-5-11(17-10(4)14)8(2)12(16-7)6-15-9(3)13;1-2/h7-8,11-12H,5-6H2,1-4H3;1-2H3. The van der Waals surface area contributed by atoms with Gasteiger partial charge in [0.2, 0.25) is 0 Å². The molecule has 4 unspecified atom stereocenters. The lowest BCUT2D eigenvalue weighted by Gasteiger charge is -2.38. The Morgan fingerprint density at radius 3 is 2.21 bits per heavy atom. The van der Waals surface area contributed by atoms with E-state index in [0.717, 1.165) is 0 Å². The van der Waals surface area contributed by atoms with E-state index in [1.165, 1.54) is 13.8 Å². The molecule has 0 saturated carbocycles. The van der Waals surface area contributed by atoms with Crippen LogP contribution in [0.2, 0.25) is 0 Å². The largest absolute Gasteiger partial charge is 0.463 e. The Hall–Kier alpha value is -1.10. The molecule has 1 heterocycles. The van der Waals surface area contributed by atoms with E-state index >= 15 is 0 Å². The average molecular weight is 274 g/mol. The van der Waals surface area contributed by atoms with Crippen LogP contribution in [0, 0.1) is 5.92 Å². The molecule has 0 aromatic heterocycles. The average Bonchev–Trinajstić information content (AvgIpc) is 2.33. The second-order valence-corrected chi connectivity index (χ2v) is 4.53. The van der Waals surface area contributed by atoms with Gasteiger partial charge in [-0.1, -0.05) is 20.8 Å². The first-order valence-corrected chi connectivity index (χ1v) is 6.86. The molecule has 0 aromatic rings. The van der Waals surface area contributed by atoms with Crippen molar-refractivity contribution in [1.82, 2.24) is 0 Å². The molecule has 0 amide bonds. The highest BCUT2D eigenvalue weighted by molar-refractivity contribution is 5.66. The van der Waals surface area contributed by atoms with Crippen molar-refractivity contribution < 1.29 is 23.8 Å². The van der Waals surface area contributed by atoms with Crippen molar-refractivity contribution in [2.45, 2.75) is 66.3 Å². The molecule has 1 aliphatic heterocycles. The molecule has 1 aliphatic rings. The van der Waals surface area contributed by atoms with Crippen LogP contribution in [-0.4, -0.2) is 36.9 Å². The number of ether oxygens (including phenoxy) is 3. The summed E-state index contributed by atoms with van der Waals surface area (Å²) in [7, 11) is 0. The quantitative estimate of drug-likeness (QED) is 0.739. The second-order valence-electron chi connectivity index (χ2n) is 4.53. The minimum Gasteiger partial charge on any atom is -0.463 e. The number of hydrogen-bond donors (Lipinski definition) is 0. The summed E-state index contributed by atoms with van der Waals surface area (Å²) in [5.41, 5.74) is 0. The molecule has 0 aromatic carbocycles. The van der Waals surface area contributed by atoms with Crippen molar-refractivity contribution in [2.75, 3.05) is 6.61 Å². The monoisotopic (exact) mass is 274 g/mol. The molecule has 5 heteroatoms. The van der Waals surface area contributed by atoms with Crippen LogP contribution in [0.25, 0.3) is 0 Å². The highest BCUT2D eigenvalue weighted by atomic mass is 16.6. The van der Waals surface area contributed by atoms with Gasteiger partial charge in [-0.3, -0.25) is 9.59 Å². The van der Waals surface area contributed by atoms with Crippen LogP contribution in [0.1, 0.15) is 48.0 Å².